The molecule has 0 spiro atoms. The van der Waals surface area contributed by atoms with Crippen LogP contribution in [0.15, 0.2) is 16.8 Å². The maximum Gasteiger partial charge on any atom is 0.546 e. The van der Waals surface area contributed by atoms with Gasteiger partial charge >= 0.3 is 13.2 Å². The number of carbonyl (C=O) groups is 1. The number of hydrogen-bond acceptors (Lipinski definition) is 4. The van der Waals surface area contributed by atoms with Crippen molar-refractivity contribution < 1.29 is 23.8 Å². The summed E-state index contributed by atoms with van der Waals surface area (Å²) in [5.74, 6) is 0. The first-order valence-corrected chi connectivity index (χ1v) is 7.09. The lowest BCUT2D eigenvalue weighted by Crippen LogP contribution is -2.54. The predicted octanol–water partition coefficient (Wildman–Crippen LogP) is 2.79. The number of allylic oxidation sites excluding steroid dienone is 1. The zero-order valence-electron chi connectivity index (χ0n) is 13.8. The molecule has 1 fully saturated rings. The summed E-state index contributed by atoms with van der Waals surface area (Å²) in [7, 11) is -0.597. The van der Waals surface area contributed by atoms with Crippen LogP contribution >= 0.6 is 0 Å². The Bertz CT molecular complexity index is 518. The molecule has 2 rings (SSSR count). The lowest BCUT2D eigenvalue weighted by atomic mass is 9.79. The van der Waals surface area contributed by atoms with Crippen LogP contribution in [0, 0.1) is 0 Å². The molecule has 7 heteroatoms. The van der Waals surface area contributed by atoms with Gasteiger partial charge in [-0.15, -0.1) is 0 Å². The van der Waals surface area contributed by atoms with E-state index in [1.165, 1.54) is 0 Å². The molecule has 0 aromatic heterocycles. The molecule has 6 nitrogen and oxygen atoms in total. The SMILES string of the molecule is CC1(C)OB(C2=C[N+](C(=O)O)(C(C)(C)C)N=C2)OC1(C)C. The van der Waals surface area contributed by atoms with Crippen molar-refractivity contribution >= 4 is 19.4 Å². The minimum Gasteiger partial charge on any atom is -0.433 e. The van der Waals surface area contributed by atoms with Crippen molar-refractivity contribution in [2.75, 3.05) is 0 Å². The second-order valence-corrected chi connectivity index (χ2v) is 7.60. The maximum absolute atomic E-state index is 11.7. The van der Waals surface area contributed by atoms with Crippen LogP contribution in [0.5, 0.6) is 0 Å². The molecule has 0 aliphatic carbocycles. The summed E-state index contributed by atoms with van der Waals surface area (Å²) < 4.78 is 11.4. The molecule has 21 heavy (non-hydrogen) atoms. The Kier molecular flexibility index (Phi) is 3.40. The molecule has 2 heterocycles. The highest BCUT2D eigenvalue weighted by Gasteiger charge is 2.57. The monoisotopic (exact) mass is 295 g/mol. The second-order valence-electron chi connectivity index (χ2n) is 7.60. The largest absolute Gasteiger partial charge is 0.546 e. The number of carboxylic acid groups (broad SMARTS) is 1. The van der Waals surface area contributed by atoms with E-state index in [4.69, 9.17) is 9.31 Å². The molecule has 1 saturated heterocycles. The van der Waals surface area contributed by atoms with Crippen molar-refractivity contribution in [1.82, 2.24) is 0 Å². The van der Waals surface area contributed by atoms with Gasteiger partial charge in [0, 0.05) is 0 Å². The summed E-state index contributed by atoms with van der Waals surface area (Å²) >= 11 is 0. The van der Waals surface area contributed by atoms with Gasteiger partial charge in [-0.3, -0.25) is 0 Å². The van der Waals surface area contributed by atoms with E-state index in [1.807, 2.05) is 48.5 Å². The summed E-state index contributed by atoms with van der Waals surface area (Å²) in [5.41, 5.74) is -0.885. The highest BCUT2D eigenvalue weighted by molar-refractivity contribution is 6.60. The number of quaternary nitrogens is 1. The van der Waals surface area contributed by atoms with Crippen molar-refractivity contribution in [3.8, 4) is 0 Å². The van der Waals surface area contributed by atoms with E-state index in [1.54, 1.807) is 12.4 Å². The van der Waals surface area contributed by atoms with Gasteiger partial charge in [0.05, 0.1) is 22.9 Å². The molecule has 0 aromatic carbocycles. The van der Waals surface area contributed by atoms with Gasteiger partial charge in [0.2, 0.25) is 0 Å². The minimum absolute atomic E-state index is 0.463. The van der Waals surface area contributed by atoms with Crippen molar-refractivity contribution in [2.24, 2.45) is 5.10 Å². The average Bonchev–Trinajstić information content (AvgIpc) is 2.79. The van der Waals surface area contributed by atoms with Gasteiger partial charge < -0.3 is 14.4 Å². The summed E-state index contributed by atoms with van der Waals surface area (Å²) in [6.45, 7) is 13.4. The Labute approximate surface area is 126 Å². The van der Waals surface area contributed by atoms with E-state index in [9.17, 15) is 9.90 Å². The summed E-state index contributed by atoms with van der Waals surface area (Å²) in [6.07, 6.45) is 2.12. The average molecular weight is 295 g/mol. The predicted molar refractivity (Wildman–Crippen MR) is 80.7 cm³/mol. The number of rotatable bonds is 1. The Morgan fingerprint density at radius 2 is 1.71 bits per heavy atom. The van der Waals surface area contributed by atoms with Crippen LogP contribution in [0.25, 0.3) is 0 Å². The first-order chi connectivity index (χ1) is 9.32. The topological polar surface area (TPSA) is 68.1 Å². The molecule has 0 aromatic rings. The molecule has 2 aliphatic heterocycles. The minimum atomic E-state index is -1.02. The third-order valence-electron chi connectivity index (χ3n) is 4.56. The lowest BCUT2D eigenvalue weighted by Gasteiger charge is -2.32. The molecule has 2 aliphatic rings. The summed E-state index contributed by atoms with van der Waals surface area (Å²) in [6, 6.07) is 0. The Balaban J connectivity index is 2.36. The van der Waals surface area contributed by atoms with Crippen molar-refractivity contribution in [2.45, 2.75) is 65.2 Å². The maximum atomic E-state index is 11.7. The fourth-order valence-corrected chi connectivity index (χ4v) is 2.30. The van der Waals surface area contributed by atoms with Crippen molar-refractivity contribution in [3.63, 3.8) is 0 Å². The quantitative estimate of drug-likeness (QED) is 0.596. The van der Waals surface area contributed by atoms with Crippen LogP contribution < -0.4 is 0 Å². The van der Waals surface area contributed by atoms with Gasteiger partial charge in [-0.05, 0) is 48.5 Å². The first kappa shape index (κ1) is 16.2. The molecule has 0 radical (unpaired) electrons. The standard InChI is InChI=1S/C14H23BN2O4/c1-12(2,3)17(11(18)19)9-10(8-16-17)15-20-13(4,5)14(6,7)21-15/h8-9H,1-7H3/p+1. The number of nitrogens with zero attached hydrogens (tertiary/aromatic N) is 2. The highest BCUT2D eigenvalue weighted by atomic mass is 16.7. The van der Waals surface area contributed by atoms with Crippen molar-refractivity contribution in [3.05, 3.63) is 11.7 Å². The fraction of sp³-hybridized carbons (Fsp3) is 0.714. The molecule has 1 unspecified atom stereocenters. The van der Waals surface area contributed by atoms with Gasteiger partial charge in [-0.2, -0.15) is 4.79 Å². The Hall–Kier alpha value is -1.18. The van der Waals surface area contributed by atoms with Crippen molar-refractivity contribution in [1.29, 1.82) is 0 Å². The third kappa shape index (κ3) is 2.33. The van der Waals surface area contributed by atoms with E-state index in [0.717, 1.165) is 0 Å². The molecule has 116 valence electrons. The number of amides is 1. The van der Waals surface area contributed by atoms with Crippen LogP contribution in [0.3, 0.4) is 0 Å². The Morgan fingerprint density at radius 3 is 2.05 bits per heavy atom. The van der Waals surface area contributed by atoms with Gasteiger partial charge in [-0.1, -0.05) is 9.69 Å². The molecule has 1 atom stereocenters. The zero-order chi connectivity index (χ0) is 16.3. The molecule has 1 amide bonds. The normalized spacial score (nSPS) is 30.6. The van der Waals surface area contributed by atoms with Gasteiger partial charge in [0.1, 0.15) is 11.7 Å². The second kappa shape index (κ2) is 4.41. The molecular weight excluding hydrogens is 271 g/mol. The molecule has 0 bridgehead atoms. The first-order valence-electron chi connectivity index (χ1n) is 7.09. The van der Waals surface area contributed by atoms with Crippen LogP contribution in [0.1, 0.15) is 48.5 Å². The number of hydrogen-bond donors (Lipinski definition) is 1. The molecular formula is C14H24BN2O4+. The van der Waals surface area contributed by atoms with Gasteiger partial charge in [0.15, 0.2) is 0 Å². The highest BCUT2D eigenvalue weighted by Crippen LogP contribution is 2.40. The van der Waals surface area contributed by atoms with E-state index in [2.05, 4.69) is 5.10 Å². The third-order valence-corrected chi connectivity index (χ3v) is 4.56. The van der Waals surface area contributed by atoms with E-state index >= 15 is 0 Å². The van der Waals surface area contributed by atoms with Crippen LogP contribution in [0.2, 0.25) is 0 Å². The smallest absolute Gasteiger partial charge is 0.433 e. The molecule has 0 saturated carbocycles. The zero-order valence-corrected chi connectivity index (χ0v) is 13.8. The summed E-state index contributed by atoms with van der Waals surface area (Å²) in [4.78, 5) is 11.7. The van der Waals surface area contributed by atoms with Gasteiger partial charge in [0.25, 0.3) is 0 Å². The summed E-state index contributed by atoms with van der Waals surface area (Å²) in [5, 5.41) is 13.8. The van der Waals surface area contributed by atoms with E-state index in [-0.39, 0.29) is 0 Å². The Morgan fingerprint density at radius 1 is 1.24 bits per heavy atom. The fourth-order valence-electron chi connectivity index (χ4n) is 2.30. The van der Waals surface area contributed by atoms with Crippen LogP contribution in [-0.4, -0.2) is 45.9 Å². The van der Waals surface area contributed by atoms with E-state index in [0.29, 0.717) is 5.47 Å². The van der Waals surface area contributed by atoms with E-state index < -0.39 is 34.5 Å². The van der Waals surface area contributed by atoms with Crippen LogP contribution in [-0.2, 0) is 9.31 Å². The molecule has 1 N–H and O–H groups in total. The lowest BCUT2D eigenvalue weighted by molar-refractivity contribution is -0.859. The van der Waals surface area contributed by atoms with Gasteiger partial charge in [-0.25, -0.2) is 0 Å². The van der Waals surface area contributed by atoms with Crippen LogP contribution in [0.4, 0.5) is 4.79 Å².